The van der Waals surface area contributed by atoms with Crippen LogP contribution in [0.1, 0.15) is 0 Å². The molecule has 0 amide bonds. The molecule has 0 saturated heterocycles. The molecule has 1 aromatic carbocycles. The monoisotopic (exact) mass is 336 g/mol. The summed E-state index contributed by atoms with van der Waals surface area (Å²) in [6.07, 6.45) is -4.16. The van der Waals surface area contributed by atoms with Gasteiger partial charge in [-0.05, 0) is 0 Å². The number of aliphatic carboxylic acids is 1. The molecule has 10 nitrogen and oxygen atoms in total. The number of aliphatic hydroxyl groups is 4. The normalized spacial score (nSPS) is 15.8. The third-order valence-corrected chi connectivity index (χ3v) is 3.26. The summed E-state index contributed by atoms with van der Waals surface area (Å²) in [6, 6.07) is 7.01. The van der Waals surface area contributed by atoms with Crippen molar-refractivity contribution < 1.29 is 30.3 Å². The highest BCUT2D eigenvalue weighted by molar-refractivity contribution is 6.37. The SMILES string of the molecule is O=C(O)/C(=N\Nc1nncc2ccccc12)[C@@H](O)[C@H](O)[C@H](O)CO. The van der Waals surface area contributed by atoms with Crippen LogP contribution in [-0.2, 0) is 4.79 Å². The van der Waals surface area contributed by atoms with Gasteiger partial charge in [-0.15, -0.1) is 5.10 Å². The van der Waals surface area contributed by atoms with Gasteiger partial charge in [0.2, 0.25) is 0 Å². The Hall–Kier alpha value is -2.66. The van der Waals surface area contributed by atoms with Crippen molar-refractivity contribution in [1.29, 1.82) is 0 Å². The molecule has 0 saturated carbocycles. The zero-order valence-corrected chi connectivity index (χ0v) is 12.3. The molecule has 2 aromatic rings. The summed E-state index contributed by atoms with van der Waals surface area (Å²) in [4.78, 5) is 11.2. The average Bonchev–Trinajstić information content (AvgIpc) is 2.60. The lowest BCUT2D eigenvalue weighted by Crippen LogP contribution is -2.46. The van der Waals surface area contributed by atoms with Crippen LogP contribution in [0, 0.1) is 0 Å². The van der Waals surface area contributed by atoms with Gasteiger partial charge in [0, 0.05) is 10.8 Å². The number of fused-ring (bicyclic) bond motifs is 1. The number of hydrogen-bond acceptors (Lipinski definition) is 9. The molecule has 24 heavy (non-hydrogen) atoms. The maximum absolute atomic E-state index is 11.2. The lowest BCUT2D eigenvalue weighted by atomic mass is 10.0. The van der Waals surface area contributed by atoms with Gasteiger partial charge in [-0.25, -0.2) is 4.79 Å². The first-order valence-electron chi connectivity index (χ1n) is 6.88. The lowest BCUT2D eigenvalue weighted by molar-refractivity contribution is -0.130. The summed E-state index contributed by atoms with van der Waals surface area (Å²) in [5, 5.41) is 59.1. The van der Waals surface area contributed by atoms with Gasteiger partial charge in [-0.1, -0.05) is 24.3 Å². The molecule has 128 valence electrons. The Labute approximate surface area is 135 Å². The van der Waals surface area contributed by atoms with Crippen LogP contribution in [0.2, 0.25) is 0 Å². The molecule has 0 bridgehead atoms. The highest BCUT2D eigenvalue weighted by atomic mass is 16.4. The van der Waals surface area contributed by atoms with Crippen LogP contribution >= 0.6 is 0 Å². The zero-order chi connectivity index (χ0) is 17.7. The highest BCUT2D eigenvalue weighted by Crippen LogP contribution is 2.19. The number of aromatic nitrogens is 2. The first-order chi connectivity index (χ1) is 11.5. The predicted molar refractivity (Wildman–Crippen MR) is 83.3 cm³/mol. The van der Waals surface area contributed by atoms with Gasteiger partial charge in [0.15, 0.2) is 11.5 Å². The average molecular weight is 336 g/mol. The summed E-state index contributed by atoms with van der Waals surface area (Å²) >= 11 is 0. The van der Waals surface area contributed by atoms with E-state index in [0.29, 0.717) is 5.39 Å². The fourth-order valence-electron chi connectivity index (χ4n) is 1.94. The first kappa shape index (κ1) is 17.7. The van der Waals surface area contributed by atoms with E-state index in [0.717, 1.165) is 5.39 Å². The van der Waals surface area contributed by atoms with Crippen LogP contribution in [0.4, 0.5) is 5.82 Å². The smallest absolute Gasteiger partial charge is 0.354 e. The number of carboxylic acid groups (broad SMARTS) is 1. The van der Waals surface area contributed by atoms with E-state index in [1.807, 2.05) is 0 Å². The van der Waals surface area contributed by atoms with Crippen LogP contribution in [-0.4, -0.2) is 72.3 Å². The van der Waals surface area contributed by atoms with Crippen molar-refractivity contribution in [2.24, 2.45) is 5.10 Å². The van der Waals surface area contributed by atoms with Crippen molar-refractivity contribution in [3.05, 3.63) is 30.5 Å². The van der Waals surface area contributed by atoms with Gasteiger partial charge in [0.1, 0.15) is 18.3 Å². The fourth-order valence-corrected chi connectivity index (χ4v) is 1.94. The molecule has 6 N–H and O–H groups in total. The molecule has 0 unspecified atom stereocenters. The van der Waals surface area contributed by atoms with Crippen LogP contribution < -0.4 is 5.43 Å². The van der Waals surface area contributed by atoms with E-state index in [1.54, 1.807) is 24.3 Å². The summed E-state index contributed by atoms with van der Waals surface area (Å²) in [7, 11) is 0. The Balaban J connectivity index is 2.30. The standard InChI is InChI=1S/C14H16N4O6/c19-6-9(20)11(21)12(22)10(14(23)24)16-18-13-8-4-2-1-3-7(8)5-15-17-13/h1-5,9,11-12,19-22H,6H2,(H,17,18)(H,23,24)/b16-10-/t9-,11-,12-/m1/s1. The van der Waals surface area contributed by atoms with E-state index in [1.165, 1.54) is 6.20 Å². The Morgan fingerprint density at radius 2 is 1.96 bits per heavy atom. The van der Waals surface area contributed by atoms with Gasteiger partial charge in [-0.2, -0.15) is 10.2 Å². The van der Waals surface area contributed by atoms with E-state index in [4.69, 9.17) is 10.2 Å². The minimum atomic E-state index is -2.03. The summed E-state index contributed by atoms with van der Waals surface area (Å²) in [5.41, 5.74) is 1.52. The van der Waals surface area contributed by atoms with Crippen molar-refractivity contribution >= 4 is 28.3 Å². The van der Waals surface area contributed by atoms with Gasteiger partial charge >= 0.3 is 5.97 Å². The minimum absolute atomic E-state index is 0.149. The summed E-state index contributed by atoms with van der Waals surface area (Å²) in [6.45, 7) is -0.854. The molecule has 0 spiro atoms. The van der Waals surface area contributed by atoms with E-state index < -0.39 is 36.6 Å². The second kappa shape index (κ2) is 7.75. The Morgan fingerprint density at radius 1 is 1.25 bits per heavy atom. The number of benzene rings is 1. The molecule has 0 aliphatic rings. The number of aliphatic hydroxyl groups excluding tert-OH is 4. The van der Waals surface area contributed by atoms with E-state index in [-0.39, 0.29) is 5.82 Å². The van der Waals surface area contributed by atoms with Gasteiger partial charge in [0.25, 0.3) is 0 Å². The number of hydrazone groups is 1. The number of rotatable bonds is 7. The third-order valence-electron chi connectivity index (χ3n) is 3.26. The summed E-state index contributed by atoms with van der Waals surface area (Å²) in [5.74, 6) is -1.47. The minimum Gasteiger partial charge on any atom is -0.477 e. The third kappa shape index (κ3) is 3.81. The number of nitrogens with one attached hydrogen (secondary N) is 1. The maximum Gasteiger partial charge on any atom is 0.354 e. The van der Waals surface area contributed by atoms with Crippen molar-refractivity contribution in [3.8, 4) is 0 Å². The Morgan fingerprint density at radius 3 is 2.62 bits per heavy atom. The quantitative estimate of drug-likeness (QED) is 0.262. The van der Waals surface area contributed by atoms with Gasteiger partial charge < -0.3 is 25.5 Å². The topological polar surface area (TPSA) is 168 Å². The van der Waals surface area contributed by atoms with Crippen molar-refractivity contribution in [3.63, 3.8) is 0 Å². The summed E-state index contributed by atoms with van der Waals surface area (Å²) < 4.78 is 0. The van der Waals surface area contributed by atoms with E-state index in [9.17, 15) is 20.1 Å². The number of anilines is 1. The largest absolute Gasteiger partial charge is 0.477 e. The van der Waals surface area contributed by atoms with Gasteiger partial charge in [0.05, 0.1) is 12.8 Å². The van der Waals surface area contributed by atoms with Crippen LogP contribution in [0.3, 0.4) is 0 Å². The molecule has 0 radical (unpaired) electrons. The molecule has 0 aliphatic carbocycles. The first-order valence-corrected chi connectivity index (χ1v) is 6.88. The predicted octanol–water partition coefficient (Wildman–Crippen LogP) is -1.44. The van der Waals surface area contributed by atoms with Crippen molar-refractivity contribution in [2.45, 2.75) is 18.3 Å². The fraction of sp³-hybridized carbons (Fsp3) is 0.286. The van der Waals surface area contributed by atoms with Crippen LogP contribution in [0.5, 0.6) is 0 Å². The second-order valence-corrected chi connectivity index (χ2v) is 4.88. The maximum atomic E-state index is 11.2. The molecule has 2 rings (SSSR count). The molecule has 1 heterocycles. The van der Waals surface area contributed by atoms with E-state index >= 15 is 0 Å². The highest BCUT2D eigenvalue weighted by Gasteiger charge is 2.32. The number of carboxylic acids is 1. The van der Waals surface area contributed by atoms with Crippen molar-refractivity contribution in [2.75, 3.05) is 12.0 Å². The van der Waals surface area contributed by atoms with Crippen LogP contribution in [0.25, 0.3) is 10.8 Å². The molecule has 0 fully saturated rings. The molecule has 1 aromatic heterocycles. The molecule has 0 aliphatic heterocycles. The number of hydrogen-bond donors (Lipinski definition) is 6. The van der Waals surface area contributed by atoms with Gasteiger partial charge in [-0.3, -0.25) is 5.43 Å². The van der Waals surface area contributed by atoms with Crippen LogP contribution in [0.15, 0.2) is 35.6 Å². The number of carbonyl (C=O) groups is 1. The Bertz CT molecular complexity index is 748. The molecular weight excluding hydrogens is 320 g/mol. The van der Waals surface area contributed by atoms with E-state index in [2.05, 4.69) is 20.7 Å². The second-order valence-electron chi connectivity index (χ2n) is 4.88. The zero-order valence-electron chi connectivity index (χ0n) is 12.3. The number of nitrogens with zero attached hydrogens (tertiary/aromatic N) is 3. The molecular formula is C14H16N4O6. The molecule has 3 atom stereocenters. The Kier molecular flexibility index (Phi) is 5.71. The lowest BCUT2D eigenvalue weighted by Gasteiger charge is -2.21. The molecule has 10 heteroatoms. The van der Waals surface area contributed by atoms with Crippen molar-refractivity contribution in [1.82, 2.24) is 10.2 Å².